The third-order valence-corrected chi connectivity index (χ3v) is 4.48. The van der Waals surface area contributed by atoms with Gasteiger partial charge in [0.05, 0.1) is 16.3 Å². The second kappa shape index (κ2) is 6.99. The first kappa shape index (κ1) is 17.7. The van der Waals surface area contributed by atoms with Gasteiger partial charge >= 0.3 is 5.69 Å². The summed E-state index contributed by atoms with van der Waals surface area (Å²) < 4.78 is 3.42. The normalized spacial score (nSPS) is 10.9. The molecule has 0 fully saturated rings. The van der Waals surface area contributed by atoms with Crippen LogP contribution in [0.15, 0.2) is 30.3 Å². The zero-order chi connectivity index (χ0) is 18.8. The molecule has 3 rings (SSSR count). The van der Waals surface area contributed by atoms with E-state index in [1.165, 1.54) is 4.68 Å². The maximum Gasteiger partial charge on any atom is 0.333 e. The van der Waals surface area contributed by atoms with Gasteiger partial charge in [0.25, 0.3) is 0 Å². The number of hydrogen-bond acceptors (Lipinski definition) is 5. The predicted octanol–water partition coefficient (Wildman–Crippen LogP) is 3.31. The van der Waals surface area contributed by atoms with Crippen LogP contribution in [0.5, 0.6) is 0 Å². The molecule has 136 valence electrons. The van der Waals surface area contributed by atoms with Gasteiger partial charge in [-0.3, -0.25) is 10.1 Å². The second-order valence-corrected chi connectivity index (χ2v) is 6.13. The summed E-state index contributed by atoms with van der Waals surface area (Å²) in [5, 5.41) is 23.5. The fourth-order valence-electron chi connectivity index (χ4n) is 3.12. The van der Waals surface area contributed by atoms with Crippen LogP contribution in [0.4, 0.5) is 11.5 Å². The number of hydrogen-bond donors (Lipinski definition) is 1. The summed E-state index contributed by atoms with van der Waals surface area (Å²) in [6.07, 6.45) is 0.510. The maximum absolute atomic E-state index is 11.4. The smallest absolute Gasteiger partial charge is 0.333 e. The molecule has 3 aromatic rings. The number of rotatable bonds is 6. The van der Waals surface area contributed by atoms with Crippen LogP contribution in [0.3, 0.4) is 0 Å². The summed E-state index contributed by atoms with van der Waals surface area (Å²) in [4.78, 5) is 11.1. The molecular weight excluding hydrogens is 332 g/mol. The Hall–Kier alpha value is -3.16. The summed E-state index contributed by atoms with van der Waals surface area (Å²) >= 11 is 0. The van der Waals surface area contributed by atoms with Crippen LogP contribution >= 0.6 is 0 Å². The average Bonchev–Trinajstić information content (AvgIpc) is 3.10. The highest BCUT2D eigenvalue weighted by atomic mass is 16.6. The van der Waals surface area contributed by atoms with E-state index in [9.17, 15) is 10.1 Å². The van der Waals surface area contributed by atoms with Crippen molar-refractivity contribution in [3.05, 3.63) is 63.1 Å². The van der Waals surface area contributed by atoms with Crippen molar-refractivity contribution in [2.45, 2.75) is 33.7 Å². The lowest BCUT2D eigenvalue weighted by Crippen LogP contribution is -2.08. The second-order valence-electron chi connectivity index (χ2n) is 6.13. The molecule has 26 heavy (non-hydrogen) atoms. The van der Waals surface area contributed by atoms with Gasteiger partial charge < -0.3 is 5.32 Å². The Morgan fingerprint density at radius 1 is 1.19 bits per heavy atom. The number of anilines is 1. The van der Waals surface area contributed by atoms with Crippen LogP contribution in [0, 0.1) is 24.0 Å². The minimum atomic E-state index is -0.374. The fraction of sp³-hybridized carbons (Fsp3) is 0.333. The molecular formula is C18H22N6O2. The molecule has 8 nitrogen and oxygen atoms in total. The minimum absolute atomic E-state index is 0.0424. The van der Waals surface area contributed by atoms with E-state index < -0.39 is 0 Å². The zero-order valence-corrected chi connectivity index (χ0v) is 15.4. The van der Waals surface area contributed by atoms with E-state index in [0.29, 0.717) is 24.5 Å². The van der Waals surface area contributed by atoms with Gasteiger partial charge in [0.1, 0.15) is 5.69 Å². The molecule has 2 aromatic heterocycles. The number of nitrogens with zero attached hydrogens (tertiary/aromatic N) is 5. The van der Waals surface area contributed by atoms with E-state index in [-0.39, 0.29) is 10.6 Å². The molecule has 2 heterocycles. The molecule has 0 spiro atoms. The molecule has 0 radical (unpaired) electrons. The van der Waals surface area contributed by atoms with Crippen molar-refractivity contribution >= 4 is 11.5 Å². The Bertz CT molecular complexity index is 942. The largest absolute Gasteiger partial charge is 0.360 e. The van der Waals surface area contributed by atoms with Crippen LogP contribution in [0.2, 0.25) is 0 Å². The first-order chi connectivity index (χ1) is 12.4. The summed E-state index contributed by atoms with van der Waals surface area (Å²) in [6, 6.07) is 9.89. The van der Waals surface area contributed by atoms with Crippen LogP contribution in [0.25, 0.3) is 5.69 Å². The lowest BCUT2D eigenvalue weighted by molar-refractivity contribution is -0.384. The Labute approximate surface area is 151 Å². The minimum Gasteiger partial charge on any atom is -0.360 e. The van der Waals surface area contributed by atoms with Crippen molar-refractivity contribution in [1.29, 1.82) is 0 Å². The summed E-state index contributed by atoms with van der Waals surface area (Å²) in [7, 11) is 1.71. The zero-order valence-electron chi connectivity index (χ0n) is 15.4. The van der Waals surface area contributed by atoms with E-state index in [4.69, 9.17) is 0 Å². The molecule has 0 saturated heterocycles. The van der Waals surface area contributed by atoms with Crippen molar-refractivity contribution < 1.29 is 4.92 Å². The summed E-state index contributed by atoms with van der Waals surface area (Å²) in [6.45, 7) is 6.24. The quantitative estimate of drug-likeness (QED) is 0.542. The van der Waals surface area contributed by atoms with Gasteiger partial charge in [-0.1, -0.05) is 25.1 Å². The van der Waals surface area contributed by atoms with E-state index in [1.54, 1.807) is 7.05 Å². The van der Waals surface area contributed by atoms with Crippen molar-refractivity contribution in [3.63, 3.8) is 0 Å². The average molecular weight is 354 g/mol. The third kappa shape index (κ3) is 3.05. The fourth-order valence-corrected chi connectivity index (χ4v) is 3.12. The van der Waals surface area contributed by atoms with Gasteiger partial charge in [0.15, 0.2) is 0 Å². The van der Waals surface area contributed by atoms with Gasteiger partial charge in [-0.15, -0.1) is 0 Å². The summed E-state index contributed by atoms with van der Waals surface area (Å²) in [5.74, 6) is 0.415. The van der Waals surface area contributed by atoms with Gasteiger partial charge in [0.2, 0.25) is 5.82 Å². The van der Waals surface area contributed by atoms with Gasteiger partial charge in [0, 0.05) is 24.8 Å². The Morgan fingerprint density at radius 3 is 2.50 bits per heavy atom. The molecule has 0 aliphatic carbocycles. The topological polar surface area (TPSA) is 90.8 Å². The number of aryl methyl sites for hydroxylation is 3. The van der Waals surface area contributed by atoms with Gasteiger partial charge in [-0.2, -0.15) is 10.2 Å². The standard InChI is InChI=1S/C18H22N6O2/c1-5-16-17(24(25)26)18(22(4)21-16)19-11-15-12(2)20-23(13(15)3)14-9-7-6-8-10-14/h6-10,19H,5,11H2,1-4H3. The monoisotopic (exact) mass is 354 g/mol. The molecule has 0 bridgehead atoms. The van der Waals surface area contributed by atoms with E-state index in [1.807, 2.05) is 55.8 Å². The van der Waals surface area contributed by atoms with Gasteiger partial charge in [-0.05, 0) is 32.4 Å². The molecule has 8 heteroatoms. The molecule has 0 atom stereocenters. The van der Waals surface area contributed by atoms with E-state index in [0.717, 1.165) is 22.6 Å². The van der Waals surface area contributed by atoms with E-state index >= 15 is 0 Å². The maximum atomic E-state index is 11.4. The number of para-hydroxylation sites is 1. The molecule has 0 amide bonds. The molecule has 0 saturated carbocycles. The summed E-state index contributed by atoms with van der Waals surface area (Å²) in [5.41, 5.74) is 4.41. The highest BCUT2D eigenvalue weighted by molar-refractivity contribution is 5.60. The van der Waals surface area contributed by atoms with Crippen molar-refractivity contribution in [2.75, 3.05) is 5.32 Å². The molecule has 1 aromatic carbocycles. The number of nitrogens with one attached hydrogen (secondary N) is 1. The lowest BCUT2D eigenvalue weighted by Gasteiger charge is -2.08. The molecule has 0 unspecified atom stereocenters. The Balaban J connectivity index is 1.91. The lowest BCUT2D eigenvalue weighted by atomic mass is 10.2. The molecule has 1 N–H and O–H groups in total. The van der Waals surface area contributed by atoms with Crippen LogP contribution in [0.1, 0.15) is 29.6 Å². The van der Waals surface area contributed by atoms with Crippen molar-refractivity contribution in [2.24, 2.45) is 7.05 Å². The van der Waals surface area contributed by atoms with Crippen molar-refractivity contribution in [1.82, 2.24) is 19.6 Å². The SMILES string of the molecule is CCc1nn(C)c(NCc2c(C)nn(-c3ccccc3)c2C)c1[N+](=O)[O-]. The van der Waals surface area contributed by atoms with Crippen LogP contribution in [-0.4, -0.2) is 24.5 Å². The third-order valence-electron chi connectivity index (χ3n) is 4.48. The highest BCUT2D eigenvalue weighted by Gasteiger charge is 2.26. The number of aromatic nitrogens is 4. The highest BCUT2D eigenvalue weighted by Crippen LogP contribution is 2.29. The van der Waals surface area contributed by atoms with Crippen molar-refractivity contribution in [3.8, 4) is 5.69 Å². The van der Waals surface area contributed by atoms with E-state index in [2.05, 4.69) is 15.5 Å². The van der Waals surface area contributed by atoms with Gasteiger partial charge in [-0.25, -0.2) is 9.36 Å². The van der Waals surface area contributed by atoms with Crippen LogP contribution in [-0.2, 0) is 20.0 Å². The first-order valence-corrected chi connectivity index (χ1v) is 8.48. The Kier molecular flexibility index (Phi) is 4.75. The Morgan fingerprint density at radius 2 is 1.88 bits per heavy atom. The number of nitro groups is 1. The molecule has 0 aliphatic rings. The van der Waals surface area contributed by atoms with Crippen LogP contribution < -0.4 is 5.32 Å². The molecule has 0 aliphatic heterocycles. The number of benzene rings is 1. The first-order valence-electron chi connectivity index (χ1n) is 8.48. The predicted molar refractivity (Wildman–Crippen MR) is 99.6 cm³/mol.